The van der Waals surface area contributed by atoms with E-state index < -0.39 is 5.97 Å². The van der Waals surface area contributed by atoms with Crippen molar-refractivity contribution in [3.8, 4) is 0 Å². The molecule has 1 saturated carbocycles. The fourth-order valence-corrected chi connectivity index (χ4v) is 3.39. The van der Waals surface area contributed by atoms with Crippen molar-refractivity contribution in [1.29, 1.82) is 0 Å². The van der Waals surface area contributed by atoms with Crippen molar-refractivity contribution >= 4 is 11.9 Å². The Morgan fingerprint density at radius 1 is 1.08 bits per heavy atom. The Balaban J connectivity index is 0.00000163. The number of benzene rings is 1. The molecule has 2 N–H and O–H groups in total. The molecule has 142 valence electrons. The third kappa shape index (κ3) is 5.87. The number of carbonyl (C=O) groups is 2. The highest BCUT2D eigenvalue weighted by molar-refractivity contribution is 5.98. The zero-order chi connectivity index (χ0) is 19.5. The molecule has 0 radical (unpaired) electrons. The van der Waals surface area contributed by atoms with Gasteiger partial charge in [0.25, 0.3) is 5.91 Å². The Hall–Kier alpha value is -2.36. The highest BCUT2D eigenvalue weighted by Crippen LogP contribution is 2.34. The van der Waals surface area contributed by atoms with Crippen LogP contribution >= 0.6 is 0 Å². The average molecular weight is 357 g/mol. The first-order chi connectivity index (χ1) is 12.5. The predicted octanol–water partition coefficient (Wildman–Crippen LogP) is 5.33. The third-order valence-electron chi connectivity index (χ3n) is 4.57. The number of carbonyl (C=O) groups excluding carboxylic acids is 1. The van der Waals surface area contributed by atoms with Crippen LogP contribution in [0.1, 0.15) is 70.2 Å². The lowest BCUT2D eigenvalue weighted by Gasteiger charge is -2.26. The van der Waals surface area contributed by atoms with Crippen LogP contribution in [0, 0.1) is 5.92 Å². The second kappa shape index (κ2) is 11.3. The highest BCUT2D eigenvalue weighted by atomic mass is 16.4. The summed E-state index contributed by atoms with van der Waals surface area (Å²) in [5.41, 5.74) is 1.98. The van der Waals surface area contributed by atoms with E-state index in [1.165, 1.54) is 6.42 Å². The minimum atomic E-state index is -0.987. The number of carboxylic acid groups (broad SMARTS) is 1. The molecule has 0 aliphatic heterocycles. The molecular formula is C22H31NO3. The molecule has 0 spiro atoms. The molecule has 1 aromatic rings. The number of amides is 1. The average Bonchev–Trinajstić information content (AvgIpc) is 2.68. The van der Waals surface area contributed by atoms with E-state index >= 15 is 0 Å². The van der Waals surface area contributed by atoms with Crippen LogP contribution in [0.2, 0.25) is 0 Å². The molecule has 0 bridgehead atoms. The summed E-state index contributed by atoms with van der Waals surface area (Å²) in [4.78, 5) is 24.2. The summed E-state index contributed by atoms with van der Waals surface area (Å²) in [5, 5.41) is 12.5. The molecule has 1 amide bonds. The van der Waals surface area contributed by atoms with Gasteiger partial charge in [0.2, 0.25) is 0 Å². The van der Waals surface area contributed by atoms with Gasteiger partial charge in [0.15, 0.2) is 0 Å². The van der Waals surface area contributed by atoms with Gasteiger partial charge in [-0.15, -0.1) is 0 Å². The molecule has 1 fully saturated rings. The zero-order valence-electron chi connectivity index (χ0n) is 16.3. The summed E-state index contributed by atoms with van der Waals surface area (Å²) >= 11 is 0. The first-order valence-corrected chi connectivity index (χ1v) is 9.51. The predicted molar refractivity (Wildman–Crippen MR) is 106 cm³/mol. The Bertz CT molecular complexity index is 653. The lowest BCUT2D eigenvalue weighted by molar-refractivity contribution is -0.132. The molecular weight excluding hydrogens is 326 g/mol. The van der Waals surface area contributed by atoms with Crippen molar-refractivity contribution in [2.24, 2.45) is 5.92 Å². The number of nitrogens with one attached hydrogen (secondary N) is 1. The number of hydrogen-bond acceptors (Lipinski definition) is 2. The number of aliphatic carboxylic acids is 1. The van der Waals surface area contributed by atoms with Gasteiger partial charge in [-0.2, -0.15) is 0 Å². The zero-order valence-corrected chi connectivity index (χ0v) is 16.3. The molecule has 0 atom stereocenters. The standard InChI is InChI=1S/C20H25NO3.C2H6/c1-3-17(15-10-6-4-7-11-15)18(20(23)24)14(2)21-19(22)16-12-8-5-9-13-16;1-2/h3,5,8-9,12-13,15H,4,6-7,10-11H2,1-2H3,(H,21,22)(H,23,24);1-2H3/b17-3-,18-14-;. The summed E-state index contributed by atoms with van der Waals surface area (Å²) in [6, 6.07) is 8.82. The lowest BCUT2D eigenvalue weighted by atomic mass is 9.80. The fourth-order valence-electron chi connectivity index (χ4n) is 3.39. The van der Waals surface area contributed by atoms with Crippen molar-refractivity contribution in [3.63, 3.8) is 0 Å². The van der Waals surface area contributed by atoms with E-state index in [1.807, 2.05) is 32.9 Å². The second-order valence-corrected chi connectivity index (χ2v) is 6.20. The Morgan fingerprint density at radius 3 is 2.15 bits per heavy atom. The van der Waals surface area contributed by atoms with E-state index in [0.29, 0.717) is 11.3 Å². The van der Waals surface area contributed by atoms with E-state index in [9.17, 15) is 14.7 Å². The number of carboxylic acids is 1. The molecule has 1 aliphatic rings. The minimum Gasteiger partial charge on any atom is -0.478 e. The second-order valence-electron chi connectivity index (χ2n) is 6.20. The molecule has 0 unspecified atom stereocenters. The smallest absolute Gasteiger partial charge is 0.337 e. The van der Waals surface area contributed by atoms with Crippen molar-refractivity contribution in [3.05, 3.63) is 58.8 Å². The van der Waals surface area contributed by atoms with Crippen LogP contribution in [0.15, 0.2) is 53.3 Å². The van der Waals surface area contributed by atoms with Crippen LogP contribution in [-0.2, 0) is 4.79 Å². The van der Waals surface area contributed by atoms with Gasteiger partial charge in [0, 0.05) is 11.3 Å². The molecule has 26 heavy (non-hydrogen) atoms. The van der Waals surface area contributed by atoms with Gasteiger partial charge in [-0.3, -0.25) is 4.79 Å². The third-order valence-corrected chi connectivity index (χ3v) is 4.57. The van der Waals surface area contributed by atoms with Crippen molar-refractivity contribution in [1.82, 2.24) is 5.32 Å². The molecule has 0 saturated heterocycles. The summed E-state index contributed by atoms with van der Waals surface area (Å²) in [6.45, 7) is 7.54. The number of allylic oxidation sites excluding steroid dienone is 2. The first-order valence-electron chi connectivity index (χ1n) is 9.51. The molecule has 4 heteroatoms. The summed E-state index contributed by atoms with van der Waals surface area (Å²) in [7, 11) is 0. The lowest BCUT2D eigenvalue weighted by Crippen LogP contribution is -2.26. The van der Waals surface area contributed by atoms with Gasteiger partial charge >= 0.3 is 5.97 Å². The van der Waals surface area contributed by atoms with E-state index in [-0.39, 0.29) is 17.4 Å². The molecule has 1 aliphatic carbocycles. The van der Waals surface area contributed by atoms with Gasteiger partial charge in [0.05, 0.1) is 5.57 Å². The van der Waals surface area contributed by atoms with Crippen LogP contribution in [0.5, 0.6) is 0 Å². The number of rotatable bonds is 5. The van der Waals surface area contributed by atoms with Gasteiger partial charge in [-0.1, -0.05) is 57.4 Å². The van der Waals surface area contributed by atoms with Gasteiger partial charge in [0.1, 0.15) is 0 Å². The van der Waals surface area contributed by atoms with E-state index in [4.69, 9.17) is 0 Å². The molecule has 0 aromatic heterocycles. The topological polar surface area (TPSA) is 66.4 Å². The fraction of sp³-hybridized carbons (Fsp3) is 0.455. The van der Waals surface area contributed by atoms with Gasteiger partial charge < -0.3 is 10.4 Å². The summed E-state index contributed by atoms with van der Waals surface area (Å²) in [6.07, 6.45) is 7.38. The maximum absolute atomic E-state index is 12.3. The number of hydrogen-bond donors (Lipinski definition) is 2. The quantitative estimate of drug-likeness (QED) is 0.553. The first kappa shape index (κ1) is 21.7. The van der Waals surface area contributed by atoms with Crippen LogP contribution in [0.25, 0.3) is 0 Å². The molecule has 2 rings (SSSR count). The molecule has 4 nitrogen and oxygen atoms in total. The molecule has 0 heterocycles. The van der Waals surface area contributed by atoms with Gasteiger partial charge in [-0.05, 0) is 50.3 Å². The largest absolute Gasteiger partial charge is 0.478 e. The maximum atomic E-state index is 12.3. The normalized spacial score (nSPS) is 16.1. The van der Waals surface area contributed by atoms with E-state index in [1.54, 1.807) is 31.2 Å². The molecule has 1 aromatic carbocycles. The van der Waals surface area contributed by atoms with Crippen molar-refractivity contribution in [2.75, 3.05) is 0 Å². The Morgan fingerprint density at radius 2 is 1.65 bits per heavy atom. The van der Waals surface area contributed by atoms with Crippen LogP contribution in [-0.4, -0.2) is 17.0 Å². The van der Waals surface area contributed by atoms with E-state index in [2.05, 4.69) is 5.32 Å². The SMILES string of the molecule is C/C=C(\C(C(=O)O)=C(/C)NC(=O)c1ccccc1)C1CCCCC1.CC. The minimum absolute atomic E-state index is 0.230. The summed E-state index contributed by atoms with van der Waals surface area (Å²) in [5.74, 6) is -1.01. The van der Waals surface area contributed by atoms with Crippen LogP contribution in [0.4, 0.5) is 0 Å². The van der Waals surface area contributed by atoms with Gasteiger partial charge in [-0.25, -0.2) is 4.79 Å². The van der Waals surface area contributed by atoms with Crippen LogP contribution < -0.4 is 5.32 Å². The van der Waals surface area contributed by atoms with Crippen LogP contribution in [0.3, 0.4) is 0 Å². The van der Waals surface area contributed by atoms with Crippen molar-refractivity contribution in [2.45, 2.75) is 59.8 Å². The highest BCUT2D eigenvalue weighted by Gasteiger charge is 2.26. The maximum Gasteiger partial charge on any atom is 0.337 e. The summed E-state index contributed by atoms with van der Waals surface area (Å²) < 4.78 is 0. The Kier molecular flexibility index (Phi) is 9.42. The van der Waals surface area contributed by atoms with E-state index in [0.717, 1.165) is 31.3 Å². The monoisotopic (exact) mass is 357 g/mol. The Labute approximate surface area is 157 Å². The van der Waals surface area contributed by atoms with Crippen molar-refractivity contribution < 1.29 is 14.7 Å².